The highest BCUT2D eigenvalue weighted by atomic mass is 32.2. The molecule has 0 bridgehead atoms. The third-order valence-electron chi connectivity index (χ3n) is 4.81. The first-order chi connectivity index (χ1) is 12.7. The van der Waals surface area contributed by atoms with Crippen LogP contribution < -0.4 is 10.1 Å². The summed E-state index contributed by atoms with van der Waals surface area (Å²) in [5, 5.41) is 2.12. The highest BCUT2D eigenvalue weighted by Gasteiger charge is 2.45. The summed E-state index contributed by atoms with van der Waals surface area (Å²) in [7, 11) is -5.72. The fraction of sp³-hybridized carbons (Fsp3) is 0.368. The summed E-state index contributed by atoms with van der Waals surface area (Å²) < 4.78 is 55.8. The molecule has 1 aliphatic heterocycles. The molecule has 1 fully saturated rings. The molecule has 27 heavy (non-hydrogen) atoms. The molecule has 0 radical (unpaired) electrons. The Hall–Kier alpha value is -1.90. The van der Waals surface area contributed by atoms with Crippen molar-refractivity contribution in [3.05, 3.63) is 59.7 Å². The lowest BCUT2D eigenvalue weighted by molar-refractivity contribution is 0.411. The molecular formula is C19H23NO5S2. The van der Waals surface area contributed by atoms with E-state index in [1.807, 2.05) is 30.3 Å². The lowest BCUT2D eigenvalue weighted by Crippen LogP contribution is -2.43. The number of aryl methyl sites for hydroxylation is 1. The molecule has 8 heteroatoms. The SMILES string of the molecule is COc1ccc(S(=O)(=O)[C@H]2CS(=O)(=O)C[C@@H]2NCc2ccccc2)cc1C. The molecule has 0 spiro atoms. The summed E-state index contributed by atoms with van der Waals surface area (Å²) >= 11 is 0. The fourth-order valence-electron chi connectivity index (χ4n) is 3.36. The summed E-state index contributed by atoms with van der Waals surface area (Å²) in [6.45, 7) is 2.17. The first-order valence-electron chi connectivity index (χ1n) is 8.59. The topological polar surface area (TPSA) is 89.5 Å². The van der Waals surface area contributed by atoms with Crippen molar-refractivity contribution in [3.63, 3.8) is 0 Å². The molecule has 1 saturated heterocycles. The normalized spacial score (nSPS) is 21.9. The zero-order valence-corrected chi connectivity index (χ0v) is 16.9. The average molecular weight is 410 g/mol. The van der Waals surface area contributed by atoms with E-state index in [2.05, 4.69) is 5.32 Å². The van der Waals surface area contributed by atoms with Crippen LogP contribution in [0.2, 0.25) is 0 Å². The molecule has 146 valence electrons. The number of benzene rings is 2. The molecule has 2 aromatic carbocycles. The predicted molar refractivity (Wildman–Crippen MR) is 104 cm³/mol. The predicted octanol–water partition coefficient (Wildman–Crippen LogP) is 1.73. The van der Waals surface area contributed by atoms with Gasteiger partial charge in [-0.1, -0.05) is 30.3 Å². The molecule has 0 unspecified atom stereocenters. The van der Waals surface area contributed by atoms with Crippen molar-refractivity contribution in [3.8, 4) is 5.75 Å². The maximum atomic E-state index is 13.2. The van der Waals surface area contributed by atoms with E-state index in [1.54, 1.807) is 13.0 Å². The van der Waals surface area contributed by atoms with E-state index in [-0.39, 0.29) is 16.4 Å². The molecule has 2 aromatic rings. The molecule has 0 saturated carbocycles. The van der Waals surface area contributed by atoms with Crippen LogP contribution in [0, 0.1) is 6.92 Å². The first kappa shape index (κ1) is 19.9. The number of hydrogen-bond acceptors (Lipinski definition) is 6. The molecule has 6 nitrogen and oxygen atoms in total. The first-order valence-corrected chi connectivity index (χ1v) is 12.0. The van der Waals surface area contributed by atoms with E-state index >= 15 is 0 Å². The number of hydrogen-bond donors (Lipinski definition) is 1. The summed E-state index contributed by atoms with van der Waals surface area (Å²) in [4.78, 5) is 0.120. The molecule has 1 heterocycles. The van der Waals surface area contributed by atoms with Crippen LogP contribution >= 0.6 is 0 Å². The summed E-state index contributed by atoms with van der Waals surface area (Å²) in [6, 6.07) is 13.4. The van der Waals surface area contributed by atoms with Crippen LogP contribution in [0.15, 0.2) is 53.4 Å². The monoisotopic (exact) mass is 409 g/mol. The summed E-state index contributed by atoms with van der Waals surface area (Å²) in [6.07, 6.45) is 0. The minimum Gasteiger partial charge on any atom is -0.496 e. The van der Waals surface area contributed by atoms with Crippen LogP contribution in [-0.2, 0) is 26.2 Å². The van der Waals surface area contributed by atoms with Gasteiger partial charge in [0, 0.05) is 12.6 Å². The van der Waals surface area contributed by atoms with Gasteiger partial charge in [0.25, 0.3) is 0 Å². The van der Waals surface area contributed by atoms with Gasteiger partial charge in [0.15, 0.2) is 19.7 Å². The Morgan fingerprint density at radius 1 is 1.11 bits per heavy atom. The van der Waals surface area contributed by atoms with Gasteiger partial charge in [-0.3, -0.25) is 0 Å². The molecular weight excluding hydrogens is 386 g/mol. The fourth-order valence-corrected chi connectivity index (χ4v) is 8.16. The molecule has 0 amide bonds. The van der Waals surface area contributed by atoms with E-state index < -0.39 is 31.0 Å². The molecule has 3 rings (SSSR count). The van der Waals surface area contributed by atoms with Gasteiger partial charge in [-0.25, -0.2) is 16.8 Å². The minimum absolute atomic E-state index is 0.120. The second kappa shape index (κ2) is 7.61. The second-order valence-corrected chi connectivity index (χ2v) is 11.1. The molecule has 0 aromatic heterocycles. The third kappa shape index (κ3) is 4.34. The largest absolute Gasteiger partial charge is 0.496 e. The molecule has 0 aliphatic carbocycles. The zero-order chi connectivity index (χ0) is 19.7. The van der Waals surface area contributed by atoms with E-state index in [4.69, 9.17) is 4.74 Å². The van der Waals surface area contributed by atoms with Crippen LogP contribution in [-0.4, -0.2) is 46.7 Å². The molecule has 2 atom stereocenters. The Balaban J connectivity index is 1.88. The van der Waals surface area contributed by atoms with Crippen molar-refractivity contribution in [2.75, 3.05) is 18.6 Å². The summed E-state index contributed by atoms with van der Waals surface area (Å²) in [5.74, 6) is 0.0397. The van der Waals surface area contributed by atoms with Crippen molar-refractivity contribution in [2.24, 2.45) is 0 Å². The third-order valence-corrected chi connectivity index (χ3v) is 8.95. The van der Waals surface area contributed by atoms with E-state index in [0.29, 0.717) is 17.9 Å². The van der Waals surface area contributed by atoms with Gasteiger partial charge in [-0.05, 0) is 36.2 Å². The van der Waals surface area contributed by atoms with Crippen LogP contribution in [0.1, 0.15) is 11.1 Å². The highest BCUT2D eigenvalue weighted by Crippen LogP contribution is 2.29. The zero-order valence-electron chi connectivity index (χ0n) is 15.3. The standard InChI is InChI=1S/C19H23NO5S2/c1-14-10-16(8-9-18(14)25-2)27(23,24)19-13-26(21,22)12-17(19)20-11-15-6-4-3-5-7-15/h3-10,17,19-20H,11-13H2,1-2H3/t17-,19-/m0/s1. The Morgan fingerprint density at radius 2 is 1.81 bits per heavy atom. The van der Waals surface area contributed by atoms with Gasteiger partial charge in [-0.2, -0.15) is 0 Å². The number of methoxy groups -OCH3 is 1. The van der Waals surface area contributed by atoms with Crippen LogP contribution in [0.4, 0.5) is 0 Å². The van der Waals surface area contributed by atoms with Crippen LogP contribution in [0.3, 0.4) is 0 Å². The van der Waals surface area contributed by atoms with Crippen molar-refractivity contribution in [1.82, 2.24) is 5.32 Å². The Kier molecular flexibility index (Phi) is 5.60. The van der Waals surface area contributed by atoms with Gasteiger partial charge in [0.05, 0.1) is 28.8 Å². The molecule has 1 aliphatic rings. The van der Waals surface area contributed by atoms with Crippen molar-refractivity contribution >= 4 is 19.7 Å². The number of rotatable bonds is 6. The maximum absolute atomic E-state index is 13.2. The number of ether oxygens (including phenoxy) is 1. The van der Waals surface area contributed by atoms with Gasteiger partial charge in [-0.15, -0.1) is 0 Å². The van der Waals surface area contributed by atoms with Gasteiger partial charge < -0.3 is 10.1 Å². The van der Waals surface area contributed by atoms with Gasteiger partial charge in [0.1, 0.15) is 5.75 Å². The van der Waals surface area contributed by atoms with Crippen molar-refractivity contribution < 1.29 is 21.6 Å². The quantitative estimate of drug-likeness (QED) is 0.782. The van der Waals surface area contributed by atoms with E-state index in [9.17, 15) is 16.8 Å². The van der Waals surface area contributed by atoms with Crippen molar-refractivity contribution in [1.29, 1.82) is 0 Å². The Morgan fingerprint density at radius 3 is 2.44 bits per heavy atom. The van der Waals surface area contributed by atoms with Crippen LogP contribution in [0.5, 0.6) is 5.75 Å². The van der Waals surface area contributed by atoms with Crippen molar-refractivity contribution in [2.45, 2.75) is 29.7 Å². The van der Waals surface area contributed by atoms with Gasteiger partial charge in [0.2, 0.25) is 0 Å². The lowest BCUT2D eigenvalue weighted by Gasteiger charge is -2.20. The van der Waals surface area contributed by atoms with E-state index in [1.165, 1.54) is 19.2 Å². The maximum Gasteiger partial charge on any atom is 0.183 e. The van der Waals surface area contributed by atoms with Crippen LogP contribution in [0.25, 0.3) is 0 Å². The smallest absolute Gasteiger partial charge is 0.183 e. The Labute approximate surface area is 160 Å². The lowest BCUT2D eigenvalue weighted by atomic mass is 10.2. The summed E-state index contributed by atoms with van der Waals surface area (Å²) in [5.41, 5.74) is 1.66. The van der Waals surface area contributed by atoms with Gasteiger partial charge >= 0.3 is 0 Å². The number of nitrogens with one attached hydrogen (secondary N) is 1. The Bertz CT molecular complexity index is 1020. The second-order valence-electron chi connectivity index (χ2n) is 6.76. The minimum atomic E-state index is -3.81. The highest BCUT2D eigenvalue weighted by molar-refractivity contribution is 7.96. The molecule has 1 N–H and O–H groups in total. The average Bonchev–Trinajstić information content (AvgIpc) is 2.96. The van der Waals surface area contributed by atoms with E-state index in [0.717, 1.165) is 5.56 Å². The number of sulfone groups is 2.